The Balaban J connectivity index is 1.64. The molecule has 0 bridgehead atoms. The standard InChI is InChI=1S/C25H29NO/c1-3-5-6-18-27-25-16-13-21(14-17-25)20-8-10-22(11-9-20)23-12-15-24(7-4-2)26-19-23/h8-17,19H,3-7,18H2,1-2H3. The smallest absolute Gasteiger partial charge is 0.119 e. The molecule has 2 heteroatoms. The highest BCUT2D eigenvalue weighted by molar-refractivity contribution is 5.70. The highest BCUT2D eigenvalue weighted by atomic mass is 16.5. The molecule has 2 nitrogen and oxygen atoms in total. The van der Waals surface area contributed by atoms with Crippen molar-refractivity contribution in [3.8, 4) is 28.0 Å². The molecule has 0 aliphatic heterocycles. The number of aryl methyl sites for hydroxylation is 1. The van der Waals surface area contributed by atoms with Gasteiger partial charge in [-0.15, -0.1) is 0 Å². The molecule has 3 aromatic rings. The summed E-state index contributed by atoms with van der Waals surface area (Å²) >= 11 is 0. The van der Waals surface area contributed by atoms with Crippen molar-refractivity contribution in [3.05, 3.63) is 72.6 Å². The maximum absolute atomic E-state index is 5.80. The fourth-order valence-electron chi connectivity index (χ4n) is 3.14. The van der Waals surface area contributed by atoms with Gasteiger partial charge in [-0.3, -0.25) is 4.98 Å². The average molecular weight is 360 g/mol. The van der Waals surface area contributed by atoms with E-state index in [0.717, 1.165) is 42.9 Å². The first kappa shape index (κ1) is 19.2. The third-order valence-corrected chi connectivity index (χ3v) is 4.75. The third kappa shape index (κ3) is 5.43. The second kappa shape index (κ2) is 9.91. The first-order chi connectivity index (χ1) is 13.3. The number of unbranched alkanes of at least 4 members (excludes halogenated alkanes) is 2. The number of hydrogen-bond donors (Lipinski definition) is 0. The second-order valence-corrected chi connectivity index (χ2v) is 6.95. The lowest BCUT2D eigenvalue weighted by Gasteiger charge is -2.08. The predicted molar refractivity (Wildman–Crippen MR) is 114 cm³/mol. The van der Waals surface area contributed by atoms with Crippen LogP contribution < -0.4 is 4.74 Å². The number of nitrogens with zero attached hydrogens (tertiary/aromatic N) is 1. The largest absolute Gasteiger partial charge is 0.494 e. The van der Waals surface area contributed by atoms with Crippen LogP contribution in [0, 0.1) is 0 Å². The molecule has 0 N–H and O–H groups in total. The Hall–Kier alpha value is -2.61. The number of ether oxygens (including phenoxy) is 1. The van der Waals surface area contributed by atoms with Crippen LogP contribution in [0.5, 0.6) is 5.75 Å². The maximum Gasteiger partial charge on any atom is 0.119 e. The molecule has 140 valence electrons. The lowest BCUT2D eigenvalue weighted by Crippen LogP contribution is -1.96. The van der Waals surface area contributed by atoms with Crippen LogP contribution in [0.2, 0.25) is 0 Å². The molecule has 2 aromatic carbocycles. The van der Waals surface area contributed by atoms with Gasteiger partial charge in [0, 0.05) is 17.5 Å². The van der Waals surface area contributed by atoms with Crippen molar-refractivity contribution in [2.75, 3.05) is 6.61 Å². The van der Waals surface area contributed by atoms with Gasteiger partial charge in [0.2, 0.25) is 0 Å². The molecule has 27 heavy (non-hydrogen) atoms. The third-order valence-electron chi connectivity index (χ3n) is 4.75. The first-order valence-electron chi connectivity index (χ1n) is 10.1. The molecule has 1 aromatic heterocycles. The summed E-state index contributed by atoms with van der Waals surface area (Å²) in [4.78, 5) is 4.56. The summed E-state index contributed by atoms with van der Waals surface area (Å²) in [6.07, 6.45) is 7.71. The maximum atomic E-state index is 5.80. The Kier molecular flexibility index (Phi) is 7.04. The van der Waals surface area contributed by atoms with Gasteiger partial charge in [0.15, 0.2) is 0 Å². The Bertz CT molecular complexity index is 804. The molecule has 0 amide bonds. The minimum Gasteiger partial charge on any atom is -0.494 e. The van der Waals surface area contributed by atoms with Gasteiger partial charge in [-0.2, -0.15) is 0 Å². The van der Waals surface area contributed by atoms with E-state index in [2.05, 4.69) is 79.5 Å². The molecule has 0 aliphatic rings. The molecule has 1 heterocycles. The zero-order valence-electron chi connectivity index (χ0n) is 16.4. The van der Waals surface area contributed by atoms with Crippen molar-refractivity contribution in [3.63, 3.8) is 0 Å². The lowest BCUT2D eigenvalue weighted by molar-refractivity contribution is 0.306. The highest BCUT2D eigenvalue weighted by Gasteiger charge is 2.02. The van der Waals surface area contributed by atoms with E-state index in [9.17, 15) is 0 Å². The summed E-state index contributed by atoms with van der Waals surface area (Å²) in [7, 11) is 0. The van der Waals surface area contributed by atoms with Crippen molar-refractivity contribution >= 4 is 0 Å². The van der Waals surface area contributed by atoms with E-state index in [-0.39, 0.29) is 0 Å². The minimum absolute atomic E-state index is 0.799. The van der Waals surface area contributed by atoms with E-state index in [1.54, 1.807) is 0 Å². The van der Waals surface area contributed by atoms with Gasteiger partial charge < -0.3 is 4.74 Å². The van der Waals surface area contributed by atoms with Gasteiger partial charge >= 0.3 is 0 Å². The average Bonchev–Trinajstić information content (AvgIpc) is 2.73. The van der Waals surface area contributed by atoms with Crippen molar-refractivity contribution in [1.82, 2.24) is 4.98 Å². The summed E-state index contributed by atoms with van der Waals surface area (Å²) in [6.45, 7) is 5.18. The first-order valence-corrected chi connectivity index (χ1v) is 10.1. The lowest BCUT2D eigenvalue weighted by atomic mass is 10.0. The zero-order valence-corrected chi connectivity index (χ0v) is 16.4. The van der Waals surface area contributed by atoms with Crippen LogP contribution in [-0.4, -0.2) is 11.6 Å². The Labute approximate surface area is 163 Å². The van der Waals surface area contributed by atoms with Gasteiger partial charge in [0.25, 0.3) is 0 Å². The number of aromatic nitrogens is 1. The van der Waals surface area contributed by atoms with Crippen molar-refractivity contribution < 1.29 is 4.74 Å². The zero-order chi connectivity index (χ0) is 18.9. The Morgan fingerprint density at radius 2 is 1.26 bits per heavy atom. The van der Waals surface area contributed by atoms with E-state index in [1.165, 1.54) is 29.5 Å². The summed E-state index contributed by atoms with van der Waals surface area (Å²) in [6, 6.07) is 21.4. The van der Waals surface area contributed by atoms with E-state index < -0.39 is 0 Å². The van der Waals surface area contributed by atoms with Gasteiger partial charge in [-0.25, -0.2) is 0 Å². The number of pyridine rings is 1. The van der Waals surface area contributed by atoms with Crippen LogP contribution in [0.25, 0.3) is 22.3 Å². The van der Waals surface area contributed by atoms with Gasteiger partial charge in [-0.1, -0.05) is 75.6 Å². The molecule has 0 spiro atoms. The Morgan fingerprint density at radius 1 is 0.667 bits per heavy atom. The molecule has 3 rings (SSSR count). The number of benzene rings is 2. The number of hydrogen-bond acceptors (Lipinski definition) is 2. The molecule has 0 saturated carbocycles. The van der Waals surface area contributed by atoms with Crippen LogP contribution in [0.4, 0.5) is 0 Å². The van der Waals surface area contributed by atoms with Crippen LogP contribution in [-0.2, 0) is 6.42 Å². The van der Waals surface area contributed by atoms with Gasteiger partial charge in [-0.05, 0) is 47.7 Å². The number of rotatable bonds is 9. The molecule has 0 fully saturated rings. The predicted octanol–water partition coefficient (Wildman–Crippen LogP) is 6.94. The topological polar surface area (TPSA) is 22.1 Å². The fourth-order valence-corrected chi connectivity index (χ4v) is 3.14. The van der Waals surface area contributed by atoms with Gasteiger partial charge in [0.05, 0.1) is 6.61 Å². The van der Waals surface area contributed by atoms with Crippen molar-refractivity contribution in [1.29, 1.82) is 0 Å². The van der Waals surface area contributed by atoms with E-state index in [0.29, 0.717) is 0 Å². The summed E-state index contributed by atoms with van der Waals surface area (Å²) < 4.78 is 5.80. The van der Waals surface area contributed by atoms with E-state index in [1.807, 2.05) is 6.20 Å². The SMILES string of the molecule is CCCCCOc1ccc(-c2ccc(-c3ccc(CCC)nc3)cc2)cc1. The second-order valence-electron chi connectivity index (χ2n) is 6.95. The molecule has 0 unspecified atom stereocenters. The van der Waals surface area contributed by atoms with Crippen LogP contribution in [0.1, 0.15) is 45.2 Å². The van der Waals surface area contributed by atoms with Crippen molar-refractivity contribution in [2.24, 2.45) is 0 Å². The monoisotopic (exact) mass is 359 g/mol. The molecule has 0 radical (unpaired) electrons. The van der Waals surface area contributed by atoms with Crippen LogP contribution >= 0.6 is 0 Å². The molecule has 0 atom stereocenters. The van der Waals surface area contributed by atoms with Crippen LogP contribution in [0.3, 0.4) is 0 Å². The van der Waals surface area contributed by atoms with Crippen molar-refractivity contribution in [2.45, 2.75) is 46.0 Å². The molecular formula is C25H29NO. The molecular weight excluding hydrogens is 330 g/mol. The van der Waals surface area contributed by atoms with E-state index >= 15 is 0 Å². The normalized spacial score (nSPS) is 10.7. The van der Waals surface area contributed by atoms with E-state index in [4.69, 9.17) is 4.74 Å². The molecule has 0 saturated heterocycles. The fraction of sp³-hybridized carbons (Fsp3) is 0.320. The summed E-state index contributed by atoms with van der Waals surface area (Å²) in [5, 5.41) is 0. The molecule has 0 aliphatic carbocycles. The van der Waals surface area contributed by atoms with Crippen LogP contribution in [0.15, 0.2) is 66.9 Å². The summed E-state index contributed by atoms with van der Waals surface area (Å²) in [5.41, 5.74) is 5.95. The van der Waals surface area contributed by atoms with Gasteiger partial charge in [0.1, 0.15) is 5.75 Å². The summed E-state index contributed by atoms with van der Waals surface area (Å²) in [5.74, 6) is 0.949. The Morgan fingerprint density at radius 3 is 1.81 bits per heavy atom. The quantitative estimate of drug-likeness (QED) is 0.386. The minimum atomic E-state index is 0.799. The highest BCUT2D eigenvalue weighted by Crippen LogP contribution is 2.26.